The summed E-state index contributed by atoms with van der Waals surface area (Å²) in [6.45, 7) is 5.12. The number of carbonyl (C=O) groups excluding carboxylic acids is 3. The summed E-state index contributed by atoms with van der Waals surface area (Å²) in [5, 5.41) is 0. The van der Waals surface area contributed by atoms with Gasteiger partial charge >= 0.3 is 17.9 Å². The van der Waals surface area contributed by atoms with Crippen LogP contribution in [0.2, 0.25) is 0 Å². The number of carbonyl (C=O) groups is 3. The van der Waals surface area contributed by atoms with Gasteiger partial charge in [0, 0.05) is 0 Å². The van der Waals surface area contributed by atoms with Gasteiger partial charge in [0.05, 0.1) is 32.8 Å². The van der Waals surface area contributed by atoms with Crippen molar-refractivity contribution in [2.45, 2.75) is 38.9 Å². The summed E-state index contributed by atoms with van der Waals surface area (Å²) in [6, 6.07) is 0. The molecule has 22 heavy (non-hydrogen) atoms. The van der Waals surface area contributed by atoms with Gasteiger partial charge < -0.3 is 18.9 Å². The van der Waals surface area contributed by atoms with E-state index in [1.54, 1.807) is 26.8 Å². The Morgan fingerprint density at radius 1 is 1.32 bits per heavy atom. The number of rotatable bonds is 5. The molecule has 0 aromatic heterocycles. The summed E-state index contributed by atoms with van der Waals surface area (Å²) >= 11 is 0. The summed E-state index contributed by atoms with van der Waals surface area (Å²) in [4.78, 5) is 36.6. The lowest BCUT2D eigenvalue weighted by molar-refractivity contribution is -0.190. The molecule has 7 nitrogen and oxygen atoms in total. The van der Waals surface area contributed by atoms with Crippen molar-refractivity contribution in [3.05, 3.63) is 11.6 Å². The number of ether oxygens (including phenoxy) is 4. The fourth-order valence-electron chi connectivity index (χ4n) is 2.43. The van der Waals surface area contributed by atoms with Crippen molar-refractivity contribution in [2.24, 2.45) is 5.92 Å². The van der Waals surface area contributed by atoms with Crippen LogP contribution in [0.25, 0.3) is 0 Å². The lowest BCUT2D eigenvalue weighted by Gasteiger charge is -2.38. The SMILES string of the molecule is CCOC(=O)C(C)C1=CCC(C)OC1(C(=O)OC)C(=O)OC. The predicted octanol–water partition coefficient (Wildman–Crippen LogP) is 1.01. The van der Waals surface area contributed by atoms with Gasteiger partial charge in [-0.3, -0.25) is 4.79 Å². The highest BCUT2D eigenvalue weighted by atomic mass is 16.6. The lowest BCUT2D eigenvalue weighted by Crippen LogP contribution is -2.57. The third kappa shape index (κ3) is 3.14. The third-order valence-corrected chi connectivity index (χ3v) is 3.51. The molecule has 0 fully saturated rings. The molecule has 0 N–H and O–H groups in total. The molecule has 124 valence electrons. The second-order valence-corrected chi connectivity index (χ2v) is 4.96. The van der Waals surface area contributed by atoms with Crippen LogP contribution in [0, 0.1) is 5.92 Å². The normalized spacial score (nSPS) is 21.3. The van der Waals surface area contributed by atoms with Crippen molar-refractivity contribution in [3.63, 3.8) is 0 Å². The Balaban J connectivity index is 3.37. The second-order valence-electron chi connectivity index (χ2n) is 4.96. The van der Waals surface area contributed by atoms with Gasteiger partial charge in [0.1, 0.15) is 0 Å². The Hall–Kier alpha value is -1.89. The summed E-state index contributed by atoms with van der Waals surface area (Å²) in [6.07, 6.45) is 1.69. The minimum absolute atomic E-state index is 0.183. The maximum atomic E-state index is 12.3. The molecule has 0 aromatic carbocycles. The van der Waals surface area contributed by atoms with Crippen molar-refractivity contribution >= 4 is 17.9 Å². The van der Waals surface area contributed by atoms with Crippen LogP contribution in [0.5, 0.6) is 0 Å². The van der Waals surface area contributed by atoms with Crippen LogP contribution in [0.4, 0.5) is 0 Å². The average molecular weight is 314 g/mol. The van der Waals surface area contributed by atoms with Crippen LogP contribution >= 0.6 is 0 Å². The Kier molecular flexibility index (Phi) is 6.11. The van der Waals surface area contributed by atoms with Gasteiger partial charge in [-0.05, 0) is 32.8 Å². The van der Waals surface area contributed by atoms with E-state index in [9.17, 15) is 14.4 Å². The van der Waals surface area contributed by atoms with Crippen LogP contribution in [-0.2, 0) is 33.3 Å². The summed E-state index contributed by atoms with van der Waals surface area (Å²) in [5.41, 5.74) is -1.89. The molecule has 1 heterocycles. The second kappa shape index (κ2) is 7.40. The number of esters is 3. The third-order valence-electron chi connectivity index (χ3n) is 3.51. The molecule has 0 spiro atoms. The molecule has 0 aromatic rings. The van der Waals surface area contributed by atoms with Crippen molar-refractivity contribution in [2.75, 3.05) is 20.8 Å². The summed E-state index contributed by atoms with van der Waals surface area (Å²) < 4.78 is 20.0. The van der Waals surface area contributed by atoms with E-state index in [4.69, 9.17) is 18.9 Å². The van der Waals surface area contributed by atoms with E-state index >= 15 is 0 Å². The molecule has 0 bridgehead atoms. The van der Waals surface area contributed by atoms with Crippen LogP contribution < -0.4 is 0 Å². The molecule has 0 saturated heterocycles. The van der Waals surface area contributed by atoms with Gasteiger partial charge in [-0.25, -0.2) is 9.59 Å². The Labute approximate surface area is 129 Å². The maximum absolute atomic E-state index is 12.3. The smallest absolute Gasteiger partial charge is 0.354 e. The van der Waals surface area contributed by atoms with Crippen molar-refractivity contribution < 1.29 is 33.3 Å². The summed E-state index contributed by atoms with van der Waals surface area (Å²) in [5.74, 6) is -3.24. The zero-order valence-corrected chi connectivity index (χ0v) is 13.5. The molecule has 2 atom stereocenters. The van der Waals surface area contributed by atoms with E-state index in [-0.39, 0.29) is 12.2 Å². The minimum Gasteiger partial charge on any atom is -0.466 e. The summed E-state index contributed by atoms with van der Waals surface area (Å²) in [7, 11) is 2.28. The van der Waals surface area contributed by atoms with Crippen LogP contribution in [0.15, 0.2) is 11.6 Å². The number of methoxy groups -OCH3 is 2. The molecule has 7 heteroatoms. The number of hydrogen-bond donors (Lipinski definition) is 0. The Morgan fingerprint density at radius 2 is 1.86 bits per heavy atom. The molecule has 1 aliphatic heterocycles. The topological polar surface area (TPSA) is 88.1 Å². The first-order chi connectivity index (χ1) is 10.3. The standard InChI is InChI=1S/C15H22O7/c1-6-21-12(16)10(3)11-8-7-9(2)22-15(11,13(17)19-4)14(18)20-5/h8-10H,6-7H2,1-5H3. The van der Waals surface area contributed by atoms with Gasteiger partial charge in [0.2, 0.25) is 0 Å². The molecule has 1 aliphatic rings. The maximum Gasteiger partial charge on any atom is 0.354 e. The largest absolute Gasteiger partial charge is 0.466 e. The number of hydrogen-bond acceptors (Lipinski definition) is 7. The quantitative estimate of drug-likeness (QED) is 0.324. The van der Waals surface area contributed by atoms with Crippen molar-refractivity contribution in [1.82, 2.24) is 0 Å². The van der Waals surface area contributed by atoms with E-state index in [1.807, 2.05) is 0 Å². The highest BCUT2D eigenvalue weighted by Crippen LogP contribution is 2.37. The Morgan fingerprint density at radius 3 is 2.32 bits per heavy atom. The van der Waals surface area contributed by atoms with Gasteiger partial charge in [-0.15, -0.1) is 0 Å². The first-order valence-electron chi connectivity index (χ1n) is 7.06. The van der Waals surface area contributed by atoms with E-state index in [0.717, 1.165) is 14.2 Å². The van der Waals surface area contributed by atoms with Crippen molar-refractivity contribution in [1.29, 1.82) is 0 Å². The zero-order valence-electron chi connectivity index (χ0n) is 13.5. The van der Waals surface area contributed by atoms with Crippen LogP contribution in [-0.4, -0.2) is 50.4 Å². The first kappa shape index (κ1) is 18.2. The monoisotopic (exact) mass is 314 g/mol. The molecular formula is C15H22O7. The van der Waals surface area contributed by atoms with Crippen molar-refractivity contribution in [3.8, 4) is 0 Å². The molecular weight excluding hydrogens is 292 g/mol. The minimum atomic E-state index is -2.08. The predicted molar refractivity (Wildman–Crippen MR) is 75.8 cm³/mol. The lowest BCUT2D eigenvalue weighted by atomic mass is 9.81. The van der Waals surface area contributed by atoms with Crippen LogP contribution in [0.3, 0.4) is 0 Å². The molecule has 1 rings (SSSR count). The first-order valence-corrected chi connectivity index (χ1v) is 7.06. The highest BCUT2D eigenvalue weighted by molar-refractivity contribution is 6.08. The molecule has 0 aliphatic carbocycles. The Bertz CT molecular complexity index is 464. The van der Waals surface area contributed by atoms with Crippen LogP contribution in [0.1, 0.15) is 27.2 Å². The van der Waals surface area contributed by atoms with E-state index in [0.29, 0.717) is 6.42 Å². The molecule has 0 saturated carbocycles. The molecule has 2 unspecified atom stereocenters. The zero-order chi connectivity index (χ0) is 16.9. The average Bonchev–Trinajstić information content (AvgIpc) is 2.52. The highest BCUT2D eigenvalue weighted by Gasteiger charge is 2.57. The fourth-order valence-corrected chi connectivity index (χ4v) is 2.43. The van der Waals surface area contributed by atoms with Gasteiger partial charge in [-0.2, -0.15) is 0 Å². The van der Waals surface area contributed by atoms with Gasteiger partial charge in [0.15, 0.2) is 0 Å². The van der Waals surface area contributed by atoms with Gasteiger partial charge in [-0.1, -0.05) is 6.08 Å². The molecule has 0 amide bonds. The fraction of sp³-hybridized carbons (Fsp3) is 0.667. The van der Waals surface area contributed by atoms with Gasteiger partial charge in [0.25, 0.3) is 5.60 Å². The van der Waals surface area contributed by atoms with E-state index in [1.165, 1.54) is 0 Å². The van der Waals surface area contributed by atoms with E-state index < -0.39 is 35.5 Å². The van der Waals surface area contributed by atoms with E-state index in [2.05, 4.69) is 0 Å². The molecule has 0 radical (unpaired) electrons.